The summed E-state index contributed by atoms with van der Waals surface area (Å²) in [5.74, 6) is 0.860. The Bertz CT molecular complexity index is 743. The predicted octanol–water partition coefficient (Wildman–Crippen LogP) is 3.11. The predicted molar refractivity (Wildman–Crippen MR) is 73.9 cm³/mol. The normalized spacial score (nSPS) is 12.2. The van der Waals surface area contributed by atoms with Gasteiger partial charge in [0.25, 0.3) is 0 Å². The molecule has 0 bridgehead atoms. The summed E-state index contributed by atoms with van der Waals surface area (Å²) in [5.41, 5.74) is 3.01. The molecule has 0 amide bonds. The molecule has 0 atom stereocenters. The molecule has 1 aliphatic heterocycles. The number of hydrogen-bond acceptors (Lipinski definition) is 3. The van der Waals surface area contributed by atoms with Gasteiger partial charge in [-0.3, -0.25) is 4.99 Å². The van der Waals surface area contributed by atoms with Crippen LogP contribution in [0.3, 0.4) is 0 Å². The third kappa shape index (κ3) is 1.74. The van der Waals surface area contributed by atoms with Crippen LogP contribution in [-0.4, -0.2) is 14.1 Å². The van der Waals surface area contributed by atoms with E-state index in [1.54, 1.807) is 7.05 Å². The third-order valence-electron chi connectivity index (χ3n) is 3.09. The smallest absolute Gasteiger partial charge is 0.136 e. The van der Waals surface area contributed by atoms with Crippen LogP contribution in [0.25, 0.3) is 22.3 Å². The highest BCUT2D eigenvalue weighted by molar-refractivity contribution is 5.85. The van der Waals surface area contributed by atoms with Crippen molar-refractivity contribution in [3.63, 3.8) is 0 Å². The van der Waals surface area contributed by atoms with E-state index in [1.807, 2.05) is 37.4 Å². The van der Waals surface area contributed by atoms with Gasteiger partial charge < -0.3 is 9.73 Å². The van der Waals surface area contributed by atoms with Crippen molar-refractivity contribution in [3.8, 4) is 11.3 Å². The minimum Gasteiger partial charge on any atom is -0.456 e. The lowest BCUT2D eigenvalue weighted by atomic mass is 10.1. The fourth-order valence-corrected chi connectivity index (χ4v) is 2.05. The minimum atomic E-state index is 0.860. The molecule has 3 heteroatoms. The van der Waals surface area contributed by atoms with E-state index >= 15 is 0 Å². The van der Waals surface area contributed by atoms with E-state index in [2.05, 4.69) is 22.4 Å². The molecule has 1 N–H and O–H groups in total. The number of benzene rings is 2. The molecule has 0 aromatic heterocycles. The molecule has 2 aliphatic rings. The van der Waals surface area contributed by atoms with Gasteiger partial charge in [-0.05, 0) is 30.3 Å². The fraction of sp³-hybridized carbons (Fsp3) is 0.133. The lowest BCUT2D eigenvalue weighted by Gasteiger charge is -2.08. The molecule has 18 heavy (non-hydrogen) atoms. The SMILES string of the molecule is CN=c1ccc2cc3ccc(NC)cc3oc-2c1. The first kappa shape index (κ1) is 10.8. The summed E-state index contributed by atoms with van der Waals surface area (Å²) in [4.78, 5) is 4.16. The van der Waals surface area contributed by atoms with Crippen molar-refractivity contribution in [2.75, 3.05) is 19.4 Å². The lowest BCUT2D eigenvalue weighted by molar-refractivity contribution is 0.618. The molecular weight excluding hydrogens is 224 g/mol. The molecule has 0 saturated heterocycles. The largest absolute Gasteiger partial charge is 0.456 e. The zero-order chi connectivity index (χ0) is 12.5. The summed E-state index contributed by atoms with van der Waals surface area (Å²) in [6.07, 6.45) is 0. The monoisotopic (exact) mass is 238 g/mol. The number of hydrogen-bond donors (Lipinski definition) is 1. The first-order chi connectivity index (χ1) is 8.80. The van der Waals surface area contributed by atoms with E-state index in [-0.39, 0.29) is 0 Å². The molecule has 3 rings (SSSR count). The van der Waals surface area contributed by atoms with Crippen LogP contribution in [0.15, 0.2) is 51.9 Å². The number of nitrogens with zero attached hydrogens (tertiary/aromatic N) is 1. The number of rotatable bonds is 1. The molecule has 90 valence electrons. The summed E-state index contributed by atoms with van der Waals surface area (Å²) in [7, 11) is 3.68. The van der Waals surface area contributed by atoms with Gasteiger partial charge in [0.2, 0.25) is 0 Å². The van der Waals surface area contributed by atoms with Crippen molar-refractivity contribution in [2.45, 2.75) is 0 Å². The quantitative estimate of drug-likeness (QED) is 0.661. The standard InChI is InChI=1S/C15H14N2O/c1-16-12-5-3-10-7-11-4-6-13(17-2)9-15(11)18-14(10)8-12/h3-9,16H,1-2H3. The summed E-state index contributed by atoms with van der Waals surface area (Å²) in [6.45, 7) is 0. The molecular formula is C15H14N2O. The van der Waals surface area contributed by atoms with Gasteiger partial charge in [0, 0.05) is 42.9 Å². The van der Waals surface area contributed by atoms with Crippen molar-refractivity contribution in [3.05, 3.63) is 47.8 Å². The summed E-state index contributed by atoms with van der Waals surface area (Å²) >= 11 is 0. The van der Waals surface area contributed by atoms with Gasteiger partial charge in [0.05, 0.1) is 5.36 Å². The van der Waals surface area contributed by atoms with Crippen LogP contribution < -0.4 is 10.7 Å². The van der Waals surface area contributed by atoms with Gasteiger partial charge in [0.1, 0.15) is 11.3 Å². The van der Waals surface area contributed by atoms with Crippen molar-refractivity contribution in [1.29, 1.82) is 0 Å². The molecule has 3 nitrogen and oxygen atoms in total. The Labute approximate surface area is 105 Å². The Morgan fingerprint density at radius 2 is 1.94 bits per heavy atom. The van der Waals surface area contributed by atoms with E-state index < -0.39 is 0 Å². The maximum Gasteiger partial charge on any atom is 0.136 e. The Morgan fingerprint density at radius 1 is 1.06 bits per heavy atom. The molecule has 1 aliphatic carbocycles. The number of fused-ring (bicyclic) bond motifs is 2. The Balaban J connectivity index is 2.34. The van der Waals surface area contributed by atoms with Crippen molar-refractivity contribution >= 4 is 16.7 Å². The lowest BCUT2D eigenvalue weighted by Crippen LogP contribution is -2.00. The van der Waals surface area contributed by atoms with Crippen LogP contribution in [0.4, 0.5) is 5.69 Å². The minimum absolute atomic E-state index is 0.860. The average Bonchev–Trinajstić information content (AvgIpc) is 2.43. The van der Waals surface area contributed by atoms with Crippen LogP contribution in [-0.2, 0) is 0 Å². The van der Waals surface area contributed by atoms with Crippen LogP contribution >= 0.6 is 0 Å². The van der Waals surface area contributed by atoms with Crippen LogP contribution in [0.2, 0.25) is 0 Å². The second-order valence-corrected chi connectivity index (χ2v) is 4.19. The maximum atomic E-state index is 5.93. The highest BCUT2D eigenvalue weighted by atomic mass is 16.3. The molecule has 0 unspecified atom stereocenters. The maximum absolute atomic E-state index is 5.93. The average molecular weight is 238 g/mol. The molecule has 1 aromatic rings. The van der Waals surface area contributed by atoms with Gasteiger partial charge in [-0.15, -0.1) is 0 Å². The molecule has 0 spiro atoms. The number of nitrogens with one attached hydrogen (secondary N) is 1. The highest BCUT2D eigenvalue weighted by Crippen LogP contribution is 2.28. The third-order valence-corrected chi connectivity index (χ3v) is 3.09. The van der Waals surface area contributed by atoms with E-state index in [4.69, 9.17) is 4.42 Å². The first-order valence-electron chi connectivity index (χ1n) is 5.88. The van der Waals surface area contributed by atoms with Crippen LogP contribution in [0, 0.1) is 0 Å². The highest BCUT2D eigenvalue weighted by Gasteiger charge is 2.06. The molecule has 0 saturated carbocycles. The van der Waals surface area contributed by atoms with Gasteiger partial charge >= 0.3 is 0 Å². The fourth-order valence-electron chi connectivity index (χ4n) is 2.05. The van der Waals surface area contributed by atoms with E-state index in [9.17, 15) is 0 Å². The zero-order valence-corrected chi connectivity index (χ0v) is 10.4. The van der Waals surface area contributed by atoms with Crippen molar-refractivity contribution in [2.24, 2.45) is 4.99 Å². The van der Waals surface area contributed by atoms with Gasteiger partial charge in [0.15, 0.2) is 0 Å². The summed E-state index contributed by atoms with van der Waals surface area (Å²) in [5, 5.41) is 5.14. The second-order valence-electron chi connectivity index (χ2n) is 4.19. The zero-order valence-electron chi connectivity index (χ0n) is 10.4. The first-order valence-corrected chi connectivity index (χ1v) is 5.88. The van der Waals surface area contributed by atoms with Gasteiger partial charge in [-0.2, -0.15) is 0 Å². The van der Waals surface area contributed by atoms with Crippen molar-refractivity contribution < 1.29 is 4.42 Å². The Hall–Kier alpha value is -2.29. The second kappa shape index (κ2) is 4.18. The topological polar surface area (TPSA) is 37.5 Å². The molecule has 1 aromatic carbocycles. The molecule has 1 heterocycles. The molecule has 0 fully saturated rings. The summed E-state index contributed by atoms with van der Waals surface area (Å²) < 4.78 is 5.93. The van der Waals surface area contributed by atoms with Crippen molar-refractivity contribution in [1.82, 2.24) is 0 Å². The molecule has 0 radical (unpaired) electrons. The van der Waals surface area contributed by atoms with Crippen LogP contribution in [0.5, 0.6) is 0 Å². The van der Waals surface area contributed by atoms with E-state index in [1.165, 1.54) is 0 Å². The van der Waals surface area contributed by atoms with Gasteiger partial charge in [-0.1, -0.05) is 0 Å². The Kier molecular flexibility index (Phi) is 2.52. The van der Waals surface area contributed by atoms with Gasteiger partial charge in [-0.25, -0.2) is 0 Å². The van der Waals surface area contributed by atoms with E-state index in [0.29, 0.717) is 0 Å². The van der Waals surface area contributed by atoms with E-state index in [0.717, 1.165) is 33.3 Å². The summed E-state index contributed by atoms with van der Waals surface area (Å²) in [6, 6.07) is 14.2. The Morgan fingerprint density at radius 3 is 2.72 bits per heavy atom. The van der Waals surface area contributed by atoms with Crippen LogP contribution in [0.1, 0.15) is 0 Å². The number of anilines is 1.